The van der Waals surface area contributed by atoms with Gasteiger partial charge < -0.3 is 9.67 Å². The van der Waals surface area contributed by atoms with E-state index in [1.165, 1.54) is 12.1 Å². The highest BCUT2D eigenvalue weighted by atomic mass is 79.9. The summed E-state index contributed by atoms with van der Waals surface area (Å²) < 4.78 is 16.0. The van der Waals surface area contributed by atoms with E-state index < -0.39 is 6.10 Å². The van der Waals surface area contributed by atoms with Gasteiger partial charge in [0.05, 0.1) is 17.1 Å². The van der Waals surface area contributed by atoms with Gasteiger partial charge in [-0.25, -0.2) is 9.37 Å². The third kappa shape index (κ3) is 2.71. The molecule has 0 amide bonds. The Bertz CT molecular complexity index is 800. The van der Waals surface area contributed by atoms with Gasteiger partial charge in [-0.15, -0.1) is 0 Å². The highest BCUT2D eigenvalue weighted by Gasteiger charge is 2.17. The lowest BCUT2D eigenvalue weighted by Gasteiger charge is -2.13. The molecule has 1 aromatic heterocycles. The molecule has 0 fully saturated rings. The number of benzene rings is 2. The van der Waals surface area contributed by atoms with Gasteiger partial charge in [-0.05, 0) is 35.9 Å². The van der Waals surface area contributed by atoms with Crippen LogP contribution >= 0.6 is 15.9 Å². The highest BCUT2D eigenvalue weighted by Crippen LogP contribution is 2.27. The van der Waals surface area contributed by atoms with Gasteiger partial charge in [-0.2, -0.15) is 0 Å². The third-order valence-electron chi connectivity index (χ3n) is 3.57. The van der Waals surface area contributed by atoms with Crippen LogP contribution in [0.5, 0.6) is 0 Å². The Morgan fingerprint density at radius 2 is 2.05 bits per heavy atom. The molecule has 21 heavy (non-hydrogen) atoms. The summed E-state index contributed by atoms with van der Waals surface area (Å²) in [4.78, 5) is 4.52. The molecular weight excluding hydrogens is 335 g/mol. The number of aliphatic hydroxyl groups excluding tert-OH is 1. The molecule has 3 aromatic rings. The minimum Gasteiger partial charge on any atom is -0.388 e. The number of imidazole rings is 1. The lowest BCUT2D eigenvalue weighted by Crippen LogP contribution is -2.07. The molecule has 1 N–H and O–H groups in total. The first-order chi connectivity index (χ1) is 10.1. The van der Waals surface area contributed by atoms with Gasteiger partial charge in [0.15, 0.2) is 0 Å². The van der Waals surface area contributed by atoms with Crippen LogP contribution in [0.3, 0.4) is 0 Å². The van der Waals surface area contributed by atoms with Crippen LogP contribution in [0.4, 0.5) is 4.39 Å². The van der Waals surface area contributed by atoms with Crippen molar-refractivity contribution in [2.45, 2.75) is 12.5 Å². The van der Waals surface area contributed by atoms with Crippen LogP contribution in [-0.4, -0.2) is 14.7 Å². The quantitative estimate of drug-likeness (QED) is 0.782. The summed E-state index contributed by atoms with van der Waals surface area (Å²) in [5.41, 5.74) is 2.43. The van der Waals surface area contributed by atoms with Crippen molar-refractivity contribution in [3.8, 4) is 0 Å². The molecule has 108 valence electrons. The minimum absolute atomic E-state index is 0.327. The predicted octanol–water partition coefficient (Wildman–Crippen LogP) is 3.75. The number of hydrogen-bond donors (Lipinski definition) is 1. The van der Waals surface area contributed by atoms with Crippen molar-refractivity contribution in [2.24, 2.45) is 7.05 Å². The van der Waals surface area contributed by atoms with Crippen molar-refractivity contribution < 1.29 is 9.50 Å². The van der Waals surface area contributed by atoms with Crippen molar-refractivity contribution >= 4 is 27.0 Å². The first kappa shape index (κ1) is 14.2. The lowest BCUT2D eigenvalue weighted by molar-refractivity contribution is 0.174. The zero-order valence-corrected chi connectivity index (χ0v) is 13.0. The van der Waals surface area contributed by atoms with E-state index in [0.717, 1.165) is 16.9 Å². The third-order valence-corrected chi connectivity index (χ3v) is 4.29. The average molecular weight is 349 g/mol. The standard InChI is InChI=1S/C16H14BrFN2O/c1-20-14-5-3-2-4-13(14)19-16(20)9-15(21)11-8-10(18)6-7-12(11)17/h2-8,15,21H,9H2,1H3. The molecule has 0 spiro atoms. The lowest BCUT2D eigenvalue weighted by atomic mass is 10.1. The maximum Gasteiger partial charge on any atom is 0.123 e. The number of hydrogen-bond acceptors (Lipinski definition) is 2. The van der Waals surface area contributed by atoms with Gasteiger partial charge in [-0.1, -0.05) is 28.1 Å². The number of halogens is 2. The fourth-order valence-electron chi connectivity index (χ4n) is 2.43. The molecule has 3 nitrogen and oxygen atoms in total. The van der Waals surface area contributed by atoms with Crippen LogP contribution in [0, 0.1) is 5.82 Å². The molecule has 0 aliphatic rings. The van der Waals surface area contributed by atoms with Crippen molar-refractivity contribution in [1.29, 1.82) is 0 Å². The normalized spacial score (nSPS) is 12.8. The Hall–Kier alpha value is -1.72. The van der Waals surface area contributed by atoms with Gasteiger partial charge in [0.2, 0.25) is 0 Å². The summed E-state index contributed by atoms with van der Waals surface area (Å²) in [7, 11) is 1.91. The van der Waals surface area contributed by atoms with Gasteiger partial charge in [0.1, 0.15) is 11.6 Å². The van der Waals surface area contributed by atoms with Crippen molar-refractivity contribution in [3.05, 3.63) is 64.1 Å². The minimum atomic E-state index is -0.814. The van der Waals surface area contributed by atoms with E-state index in [2.05, 4.69) is 20.9 Å². The zero-order chi connectivity index (χ0) is 15.0. The van der Waals surface area contributed by atoms with E-state index >= 15 is 0 Å². The van der Waals surface area contributed by atoms with E-state index in [9.17, 15) is 9.50 Å². The van der Waals surface area contributed by atoms with Crippen molar-refractivity contribution in [1.82, 2.24) is 9.55 Å². The van der Waals surface area contributed by atoms with E-state index in [0.29, 0.717) is 16.5 Å². The summed E-state index contributed by atoms with van der Waals surface area (Å²) in [6, 6.07) is 12.1. The number of aromatic nitrogens is 2. The molecule has 1 heterocycles. The Labute approximate surface area is 130 Å². The van der Waals surface area contributed by atoms with E-state index in [1.54, 1.807) is 6.07 Å². The molecule has 0 aliphatic carbocycles. The first-order valence-electron chi connectivity index (χ1n) is 6.59. The zero-order valence-electron chi connectivity index (χ0n) is 11.4. The molecule has 5 heteroatoms. The fraction of sp³-hybridized carbons (Fsp3) is 0.188. The summed E-state index contributed by atoms with van der Waals surface area (Å²) in [6.45, 7) is 0. The number of fused-ring (bicyclic) bond motifs is 1. The van der Waals surface area contributed by atoms with Gasteiger partial charge in [0.25, 0.3) is 0 Å². The SMILES string of the molecule is Cn1c(CC(O)c2cc(F)ccc2Br)nc2ccccc21. The van der Waals surface area contributed by atoms with Crippen LogP contribution in [0.15, 0.2) is 46.9 Å². The van der Waals surface area contributed by atoms with E-state index in [1.807, 2.05) is 35.9 Å². The molecule has 0 bridgehead atoms. The fourth-order valence-corrected chi connectivity index (χ4v) is 2.94. The Morgan fingerprint density at radius 3 is 2.81 bits per heavy atom. The summed E-state index contributed by atoms with van der Waals surface area (Å²) in [6.07, 6.45) is -0.488. The van der Waals surface area contributed by atoms with Crippen LogP contribution < -0.4 is 0 Å². The number of aryl methyl sites for hydroxylation is 1. The molecule has 0 saturated heterocycles. The average Bonchev–Trinajstić information content (AvgIpc) is 2.78. The van der Waals surface area contributed by atoms with Gasteiger partial charge >= 0.3 is 0 Å². The van der Waals surface area contributed by atoms with E-state index in [4.69, 9.17) is 0 Å². The Balaban J connectivity index is 1.94. The van der Waals surface area contributed by atoms with Crippen LogP contribution in [-0.2, 0) is 13.5 Å². The van der Waals surface area contributed by atoms with Crippen molar-refractivity contribution in [3.63, 3.8) is 0 Å². The molecule has 1 atom stereocenters. The second-order valence-corrected chi connectivity index (χ2v) is 5.82. The topological polar surface area (TPSA) is 38.0 Å². The number of rotatable bonds is 3. The molecule has 0 saturated carbocycles. The Morgan fingerprint density at radius 1 is 1.29 bits per heavy atom. The first-order valence-corrected chi connectivity index (χ1v) is 7.39. The number of aliphatic hydroxyl groups is 1. The van der Waals surface area contributed by atoms with Crippen LogP contribution in [0.25, 0.3) is 11.0 Å². The smallest absolute Gasteiger partial charge is 0.123 e. The summed E-state index contributed by atoms with van der Waals surface area (Å²) >= 11 is 3.34. The van der Waals surface area contributed by atoms with Crippen LogP contribution in [0.1, 0.15) is 17.5 Å². The molecule has 3 rings (SSSR count). The summed E-state index contributed by atoms with van der Waals surface area (Å²) in [5.74, 6) is 0.400. The highest BCUT2D eigenvalue weighted by molar-refractivity contribution is 9.10. The number of para-hydroxylation sites is 2. The second kappa shape index (κ2) is 5.58. The Kier molecular flexibility index (Phi) is 3.78. The van der Waals surface area contributed by atoms with Crippen LogP contribution in [0.2, 0.25) is 0 Å². The maximum absolute atomic E-state index is 13.3. The predicted molar refractivity (Wildman–Crippen MR) is 83.5 cm³/mol. The molecule has 2 aromatic carbocycles. The molecule has 0 radical (unpaired) electrons. The number of nitrogens with zero attached hydrogens (tertiary/aromatic N) is 2. The molecular formula is C16H14BrFN2O. The molecule has 0 aliphatic heterocycles. The monoisotopic (exact) mass is 348 g/mol. The van der Waals surface area contributed by atoms with Gasteiger partial charge in [0, 0.05) is 17.9 Å². The van der Waals surface area contributed by atoms with Crippen molar-refractivity contribution in [2.75, 3.05) is 0 Å². The van der Waals surface area contributed by atoms with Gasteiger partial charge in [-0.3, -0.25) is 0 Å². The largest absolute Gasteiger partial charge is 0.388 e. The second-order valence-electron chi connectivity index (χ2n) is 4.96. The maximum atomic E-state index is 13.3. The summed E-state index contributed by atoms with van der Waals surface area (Å²) in [5, 5.41) is 10.4. The van der Waals surface area contributed by atoms with E-state index in [-0.39, 0.29) is 5.82 Å². The molecule has 1 unspecified atom stereocenters.